The van der Waals surface area contributed by atoms with Crippen molar-refractivity contribution in [1.29, 1.82) is 0 Å². The van der Waals surface area contributed by atoms with Crippen molar-refractivity contribution in [2.24, 2.45) is 0 Å². The van der Waals surface area contributed by atoms with E-state index >= 15 is 0 Å². The molecule has 8 heteroatoms. The maximum absolute atomic E-state index is 12.1. The number of methoxy groups -OCH3 is 1. The van der Waals surface area contributed by atoms with E-state index in [9.17, 15) is 9.59 Å². The van der Waals surface area contributed by atoms with Crippen molar-refractivity contribution >= 4 is 23.2 Å². The van der Waals surface area contributed by atoms with E-state index in [0.717, 1.165) is 36.2 Å². The van der Waals surface area contributed by atoms with Crippen molar-refractivity contribution < 1.29 is 14.3 Å². The molecule has 146 valence electrons. The molecule has 2 N–H and O–H groups in total. The second-order valence-corrected chi connectivity index (χ2v) is 6.64. The fourth-order valence-corrected chi connectivity index (χ4v) is 3.53. The Balaban J connectivity index is 1.45. The molecule has 1 fully saturated rings. The van der Waals surface area contributed by atoms with Crippen LogP contribution in [0.2, 0.25) is 0 Å². The second-order valence-electron chi connectivity index (χ2n) is 6.64. The number of benzene rings is 1. The van der Waals surface area contributed by atoms with Gasteiger partial charge in [0.05, 0.1) is 18.1 Å². The summed E-state index contributed by atoms with van der Waals surface area (Å²) in [7, 11) is 1.38. The van der Waals surface area contributed by atoms with Gasteiger partial charge in [0.2, 0.25) is 0 Å². The Hall–Kier alpha value is -2.77. The van der Waals surface area contributed by atoms with Crippen molar-refractivity contribution in [3.8, 4) is 0 Å². The highest BCUT2D eigenvalue weighted by atomic mass is 16.5. The van der Waals surface area contributed by atoms with E-state index in [-0.39, 0.29) is 18.2 Å². The molecule has 3 amide bonds. The number of hydrogen-bond acceptors (Lipinski definition) is 4. The normalized spacial score (nSPS) is 15.0. The number of ether oxygens (including phenoxy) is 1. The number of hydrogen-bond donors (Lipinski definition) is 2. The van der Waals surface area contributed by atoms with Crippen LogP contribution in [0.1, 0.15) is 25.6 Å². The van der Waals surface area contributed by atoms with Crippen LogP contribution >= 0.6 is 0 Å². The number of aromatic nitrogens is 2. The molecule has 2 aromatic rings. The molecule has 1 aliphatic rings. The van der Waals surface area contributed by atoms with E-state index in [2.05, 4.69) is 33.2 Å². The summed E-state index contributed by atoms with van der Waals surface area (Å²) >= 11 is 0. The summed E-state index contributed by atoms with van der Waals surface area (Å²) in [4.78, 5) is 30.0. The van der Waals surface area contributed by atoms with Gasteiger partial charge in [-0.15, -0.1) is 0 Å². The maximum Gasteiger partial charge on any atom is 0.409 e. The average molecular weight is 373 g/mol. The van der Waals surface area contributed by atoms with Crippen LogP contribution in [0.25, 0.3) is 11.0 Å². The van der Waals surface area contributed by atoms with Crippen LogP contribution in [0.5, 0.6) is 0 Å². The van der Waals surface area contributed by atoms with Crippen LogP contribution in [0, 0.1) is 0 Å². The number of para-hydroxylation sites is 2. The van der Waals surface area contributed by atoms with Gasteiger partial charge in [-0.3, -0.25) is 0 Å². The summed E-state index contributed by atoms with van der Waals surface area (Å²) in [6.45, 7) is 4.66. The lowest BCUT2D eigenvalue weighted by molar-refractivity contribution is 0.110. The number of amides is 3. The first-order valence-corrected chi connectivity index (χ1v) is 9.43. The highest BCUT2D eigenvalue weighted by Crippen LogP contribution is 2.16. The van der Waals surface area contributed by atoms with Gasteiger partial charge in [-0.25, -0.2) is 14.6 Å². The lowest BCUT2D eigenvalue weighted by Gasteiger charge is -2.31. The third-order valence-corrected chi connectivity index (χ3v) is 4.95. The van der Waals surface area contributed by atoms with Crippen molar-refractivity contribution in [3.63, 3.8) is 0 Å². The molecule has 3 rings (SSSR count). The van der Waals surface area contributed by atoms with Gasteiger partial charge in [0.1, 0.15) is 5.82 Å². The monoisotopic (exact) mass is 373 g/mol. The zero-order valence-electron chi connectivity index (χ0n) is 15.9. The predicted molar refractivity (Wildman–Crippen MR) is 103 cm³/mol. The standard InChI is InChI=1S/C19H27N5O3/c1-3-24-16-7-5-4-6-15(16)22-17(24)8-11-20-18(25)21-14-9-12-23(13-10-14)19(26)27-2/h4-7,14H,3,8-13H2,1-2H3,(H2,20,21,25). The second kappa shape index (κ2) is 8.75. The van der Waals surface area contributed by atoms with Gasteiger partial charge in [0, 0.05) is 38.6 Å². The first-order valence-electron chi connectivity index (χ1n) is 9.43. The van der Waals surface area contributed by atoms with Crippen molar-refractivity contribution in [1.82, 2.24) is 25.1 Å². The number of fused-ring (bicyclic) bond motifs is 1. The molecule has 0 atom stereocenters. The molecule has 8 nitrogen and oxygen atoms in total. The molecule has 0 saturated carbocycles. The Bertz CT molecular complexity index is 796. The Labute approximate surface area is 158 Å². The summed E-state index contributed by atoms with van der Waals surface area (Å²) in [5.74, 6) is 0.977. The third kappa shape index (κ3) is 4.50. The van der Waals surface area contributed by atoms with E-state index in [4.69, 9.17) is 4.74 Å². The number of rotatable bonds is 5. The van der Waals surface area contributed by atoms with Gasteiger partial charge in [0.15, 0.2) is 0 Å². The Morgan fingerprint density at radius 3 is 2.70 bits per heavy atom. The molecule has 0 unspecified atom stereocenters. The van der Waals surface area contributed by atoms with Gasteiger partial charge < -0.3 is 24.8 Å². The summed E-state index contributed by atoms with van der Waals surface area (Å²) in [5, 5.41) is 5.89. The molecular weight excluding hydrogens is 346 g/mol. The number of imidazole rings is 1. The summed E-state index contributed by atoms with van der Waals surface area (Å²) < 4.78 is 6.90. The average Bonchev–Trinajstić information content (AvgIpc) is 3.05. The van der Waals surface area contributed by atoms with Gasteiger partial charge in [-0.1, -0.05) is 12.1 Å². The Kier molecular flexibility index (Phi) is 6.16. The largest absolute Gasteiger partial charge is 0.453 e. The van der Waals surface area contributed by atoms with Crippen molar-refractivity contribution in [2.45, 2.75) is 38.8 Å². The van der Waals surface area contributed by atoms with Gasteiger partial charge >= 0.3 is 12.1 Å². The molecule has 0 bridgehead atoms. The third-order valence-electron chi connectivity index (χ3n) is 4.95. The maximum atomic E-state index is 12.1. The minimum atomic E-state index is -0.309. The number of likely N-dealkylation sites (tertiary alicyclic amines) is 1. The van der Waals surface area contributed by atoms with Crippen molar-refractivity contribution in [3.05, 3.63) is 30.1 Å². The fraction of sp³-hybridized carbons (Fsp3) is 0.526. The number of urea groups is 1. The molecule has 0 spiro atoms. The van der Waals surface area contributed by atoms with Crippen LogP contribution in [-0.2, 0) is 17.7 Å². The SMILES string of the molecule is CCn1c(CCNC(=O)NC2CCN(C(=O)OC)CC2)nc2ccccc21. The number of aryl methyl sites for hydroxylation is 1. The van der Waals surface area contributed by atoms with E-state index in [0.29, 0.717) is 26.1 Å². The Morgan fingerprint density at radius 1 is 1.26 bits per heavy atom. The van der Waals surface area contributed by atoms with Crippen LogP contribution in [0.4, 0.5) is 9.59 Å². The molecule has 1 aromatic heterocycles. The first-order chi connectivity index (χ1) is 13.1. The highest BCUT2D eigenvalue weighted by Gasteiger charge is 2.24. The minimum absolute atomic E-state index is 0.0751. The lowest BCUT2D eigenvalue weighted by atomic mass is 10.1. The molecule has 0 radical (unpaired) electrons. The van der Waals surface area contributed by atoms with Gasteiger partial charge in [0.25, 0.3) is 0 Å². The molecule has 27 heavy (non-hydrogen) atoms. The zero-order chi connectivity index (χ0) is 19.2. The van der Waals surface area contributed by atoms with Crippen LogP contribution in [0.15, 0.2) is 24.3 Å². The van der Waals surface area contributed by atoms with E-state index in [1.807, 2.05) is 18.2 Å². The zero-order valence-corrected chi connectivity index (χ0v) is 15.9. The molecule has 1 aliphatic heterocycles. The van der Waals surface area contributed by atoms with Crippen LogP contribution in [-0.4, -0.2) is 59.4 Å². The smallest absolute Gasteiger partial charge is 0.409 e. The van der Waals surface area contributed by atoms with Crippen LogP contribution in [0.3, 0.4) is 0 Å². The topological polar surface area (TPSA) is 88.5 Å². The number of nitrogens with one attached hydrogen (secondary N) is 2. The number of nitrogens with zero attached hydrogens (tertiary/aromatic N) is 3. The minimum Gasteiger partial charge on any atom is -0.453 e. The summed E-state index contributed by atoms with van der Waals surface area (Å²) in [5.41, 5.74) is 2.10. The number of carbonyl (C=O) groups excluding carboxylic acids is 2. The summed E-state index contributed by atoms with van der Waals surface area (Å²) in [6, 6.07) is 7.96. The first kappa shape index (κ1) is 19.0. The number of piperidine rings is 1. The van der Waals surface area contributed by atoms with Gasteiger partial charge in [-0.2, -0.15) is 0 Å². The number of carbonyl (C=O) groups is 2. The highest BCUT2D eigenvalue weighted by molar-refractivity contribution is 5.76. The summed E-state index contributed by atoms with van der Waals surface area (Å²) in [6.07, 6.45) is 1.83. The van der Waals surface area contributed by atoms with Gasteiger partial charge in [-0.05, 0) is 31.9 Å². The van der Waals surface area contributed by atoms with E-state index < -0.39 is 0 Å². The van der Waals surface area contributed by atoms with E-state index in [1.54, 1.807) is 4.90 Å². The Morgan fingerprint density at radius 2 is 2.00 bits per heavy atom. The quantitative estimate of drug-likeness (QED) is 0.840. The molecule has 1 aromatic carbocycles. The lowest BCUT2D eigenvalue weighted by Crippen LogP contribution is -2.49. The van der Waals surface area contributed by atoms with Crippen LogP contribution < -0.4 is 10.6 Å². The molecule has 1 saturated heterocycles. The predicted octanol–water partition coefficient (Wildman–Crippen LogP) is 2.13. The van der Waals surface area contributed by atoms with Crippen molar-refractivity contribution in [2.75, 3.05) is 26.7 Å². The van der Waals surface area contributed by atoms with E-state index in [1.165, 1.54) is 7.11 Å². The fourth-order valence-electron chi connectivity index (χ4n) is 3.53. The molecule has 2 heterocycles. The molecular formula is C19H27N5O3. The molecule has 0 aliphatic carbocycles.